The Morgan fingerprint density at radius 3 is 2.20 bits per heavy atom. The van der Waals surface area contributed by atoms with Crippen LogP contribution in [-0.4, -0.2) is 120 Å². The van der Waals surface area contributed by atoms with E-state index in [2.05, 4.69) is 46.0 Å². The van der Waals surface area contributed by atoms with Crippen LogP contribution in [0.3, 0.4) is 0 Å². The number of hydrogen-bond acceptors (Lipinski definition) is 11. The maximum atomic E-state index is 14.2. The highest BCUT2D eigenvalue weighted by atomic mass is 35.5. The molecule has 2 atom stereocenters. The Bertz CT molecular complexity index is 2570. The highest BCUT2D eigenvalue weighted by Crippen LogP contribution is 2.43. The molecule has 66 heavy (non-hydrogen) atoms. The van der Waals surface area contributed by atoms with Gasteiger partial charge in [0.25, 0.3) is 25.8 Å². The molecule has 0 unspecified atom stereocenters. The van der Waals surface area contributed by atoms with Crippen molar-refractivity contribution in [1.29, 1.82) is 0 Å². The molecule has 356 valence electrons. The number of carbonyl (C=O) groups is 1. The molecule has 0 bridgehead atoms. The number of alkyl halides is 3. The quantitative estimate of drug-likeness (QED) is 0.106. The van der Waals surface area contributed by atoms with Crippen LogP contribution in [0.4, 0.5) is 24.5 Å². The minimum atomic E-state index is -6.14. The average Bonchev–Trinajstić information content (AvgIpc) is 3.29. The second-order valence-electron chi connectivity index (χ2n) is 17.7. The van der Waals surface area contributed by atoms with Gasteiger partial charge in [-0.3, -0.25) is 14.6 Å². The number of sulfonamides is 1. The Hall–Kier alpha value is -4.14. The summed E-state index contributed by atoms with van der Waals surface area (Å²) in [5.41, 5.74) is -1.28. The highest BCUT2D eigenvalue weighted by molar-refractivity contribution is 7.92. The third-order valence-corrected chi connectivity index (χ3v) is 17.0. The summed E-state index contributed by atoms with van der Waals surface area (Å²) < 4.78 is 117. The van der Waals surface area contributed by atoms with E-state index in [0.717, 1.165) is 69.8 Å². The normalized spacial score (nSPS) is 18.7. The van der Waals surface area contributed by atoms with Crippen LogP contribution in [0.15, 0.2) is 117 Å². The number of benzene rings is 4. The molecular weight excluding hydrogens is 935 g/mol. The number of ether oxygens (including phenoxy) is 1. The number of nitrogens with one attached hydrogen (secondary N) is 2. The van der Waals surface area contributed by atoms with Gasteiger partial charge in [0.15, 0.2) is 4.90 Å². The summed E-state index contributed by atoms with van der Waals surface area (Å²) in [6.45, 7) is 11.2. The first-order chi connectivity index (χ1) is 31.3. The van der Waals surface area contributed by atoms with Crippen molar-refractivity contribution in [1.82, 2.24) is 14.5 Å². The van der Waals surface area contributed by atoms with Crippen molar-refractivity contribution < 1.29 is 44.1 Å². The zero-order valence-corrected chi connectivity index (χ0v) is 40.1. The maximum Gasteiger partial charge on any atom is 0.501 e. The molecule has 2 heterocycles. The molecule has 0 spiro atoms. The number of anilines is 2. The summed E-state index contributed by atoms with van der Waals surface area (Å²) in [7, 11) is -11.0. The van der Waals surface area contributed by atoms with Crippen molar-refractivity contribution in [3.8, 4) is 0 Å². The van der Waals surface area contributed by atoms with Crippen molar-refractivity contribution in [3.63, 3.8) is 0 Å². The molecule has 0 aromatic heterocycles. The Kier molecular flexibility index (Phi) is 15.8. The van der Waals surface area contributed by atoms with E-state index in [1.807, 2.05) is 16.9 Å². The van der Waals surface area contributed by atoms with E-state index in [1.165, 1.54) is 28.8 Å². The SMILES string of the molecule is CC1(C)CCC(c2ccc(Cl)cc2)=C(CN2CCN(c3ccc(C(=O)NS(=O)(=O)c4ccc(N[C@H](CCN5CCOCC5)C[S@@+]([O-])c5ccccc5)c(S(=O)(=O)C(F)(F)F)c4)cc3)CC2)C1. The number of piperazine rings is 1. The van der Waals surface area contributed by atoms with Gasteiger partial charge < -0.3 is 19.5 Å². The Morgan fingerprint density at radius 1 is 0.879 bits per heavy atom. The van der Waals surface area contributed by atoms with E-state index < -0.39 is 64.0 Å². The predicted octanol–water partition coefficient (Wildman–Crippen LogP) is 7.85. The van der Waals surface area contributed by atoms with Crippen LogP contribution < -0.4 is 14.9 Å². The molecule has 12 nitrogen and oxygen atoms in total. The lowest BCUT2D eigenvalue weighted by Gasteiger charge is -2.39. The van der Waals surface area contributed by atoms with Crippen molar-refractivity contribution >= 4 is 65.5 Å². The topological polar surface area (TPSA) is 151 Å². The molecule has 2 saturated heterocycles. The minimum absolute atomic E-state index is 0.0292. The monoisotopic (exact) mass is 989 g/mol. The third-order valence-electron chi connectivity index (χ3n) is 12.3. The first kappa shape index (κ1) is 49.8. The van der Waals surface area contributed by atoms with Crippen molar-refractivity contribution in [2.24, 2.45) is 5.41 Å². The second-order valence-corrected chi connectivity index (χ2v) is 23.2. The van der Waals surface area contributed by atoms with Crippen LogP contribution in [0.5, 0.6) is 0 Å². The first-order valence-electron chi connectivity index (χ1n) is 21.8. The first-order valence-corrected chi connectivity index (χ1v) is 26.5. The van der Waals surface area contributed by atoms with Crippen molar-refractivity contribution in [2.75, 3.05) is 81.5 Å². The summed E-state index contributed by atoms with van der Waals surface area (Å²) in [5.74, 6) is -1.14. The van der Waals surface area contributed by atoms with Gasteiger partial charge >= 0.3 is 5.51 Å². The summed E-state index contributed by atoms with van der Waals surface area (Å²) in [6.07, 6.45) is 3.39. The van der Waals surface area contributed by atoms with Gasteiger partial charge in [-0.2, -0.15) is 13.2 Å². The molecule has 0 saturated carbocycles. The number of allylic oxidation sites excluding steroid dienone is 1. The molecule has 2 aliphatic heterocycles. The van der Waals surface area contributed by atoms with Crippen LogP contribution in [0.2, 0.25) is 5.02 Å². The van der Waals surface area contributed by atoms with E-state index in [4.69, 9.17) is 16.3 Å². The molecule has 1 aliphatic carbocycles. The number of rotatable bonds is 16. The summed E-state index contributed by atoms with van der Waals surface area (Å²) in [4.78, 5) is 18.3. The van der Waals surface area contributed by atoms with Crippen LogP contribution in [0.25, 0.3) is 5.57 Å². The highest BCUT2D eigenvalue weighted by Gasteiger charge is 2.48. The fourth-order valence-corrected chi connectivity index (χ4v) is 12.0. The Balaban J connectivity index is 1.03. The fraction of sp³-hybridized carbons (Fsp3) is 0.426. The van der Waals surface area contributed by atoms with Gasteiger partial charge in [-0.05, 0) is 120 Å². The largest absolute Gasteiger partial charge is 0.611 e. The standard InChI is InChI=1S/C47H55ClF3N5O7S3/c1-46(2)20-18-42(34-8-12-37(48)13-9-34)36(31-46)32-55-22-24-56(25-23-55)39-14-10-35(11-15-39)45(57)53-66(61,62)41-16-17-43(44(30-41)65(59,60)47(49,50)51)52-38(19-21-54-26-28-63-29-27-54)33-64(58)40-6-4-3-5-7-40/h3-17,30,38,52H,18-29,31-33H2,1-2H3,(H,53,57)/t38-,64-/m1/s1. The lowest BCUT2D eigenvalue weighted by molar-refractivity contribution is -0.0435. The number of hydrogen-bond donors (Lipinski definition) is 2. The van der Waals surface area contributed by atoms with E-state index in [9.17, 15) is 39.4 Å². The lowest BCUT2D eigenvalue weighted by Crippen LogP contribution is -2.47. The van der Waals surface area contributed by atoms with Crippen LogP contribution >= 0.6 is 11.6 Å². The van der Waals surface area contributed by atoms with E-state index in [0.29, 0.717) is 48.8 Å². The lowest BCUT2D eigenvalue weighted by atomic mass is 9.73. The molecule has 4 aromatic carbocycles. The van der Waals surface area contributed by atoms with Crippen LogP contribution in [0, 0.1) is 5.41 Å². The molecule has 0 radical (unpaired) electrons. The summed E-state index contributed by atoms with van der Waals surface area (Å²) >= 11 is 4.56. The van der Waals surface area contributed by atoms with E-state index in [-0.39, 0.29) is 23.2 Å². The Labute approximate surface area is 393 Å². The predicted molar refractivity (Wildman–Crippen MR) is 252 cm³/mol. The zero-order valence-electron chi connectivity index (χ0n) is 36.9. The molecular formula is C47H55ClF3N5O7S3. The molecule has 7 rings (SSSR count). The summed E-state index contributed by atoms with van der Waals surface area (Å²) in [6, 6.07) is 24.3. The maximum absolute atomic E-state index is 14.2. The molecule has 1 amide bonds. The van der Waals surface area contributed by atoms with Crippen molar-refractivity contribution in [2.45, 2.75) is 65.8 Å². The van der Waals surface area contributed by atoms with Crippen LogP contribution in [-0.2, 0) is 35.8 Å². The molecule has 2 fully saturated rings. The number of nitrogens with zero attached hydrogens (tertiary/aromatic N) is 3. The molecule has 2 N–H and O–H groups in total. The van der Waals surface area contributed by atoms with Gasteiger partial charge in [0.05, 0.1) is 29.8 Å². The summed E-state index contributed by atoms with van der Waals surface area (Å²) in [5, 5.41) is 3.56. The molecule has 3 aliphatic rings. The average molecular weight is 991 g/mol. The number of carbonyl (C=O) groups excluding carboxylic acids is 1. The van der Waals surface area contributed by atoms with Crippen LogP contribution in [0.1, 0.15) is 55.5 Å². The van der Waals surface area contributed by atoms with Crippen molar-refractivity contribution in [3.05, 3.63) is 119 Å². The molecule has 19 heteroatoms. The van der Waals surface area contributed by atoms with Gasteiger partial charge in [0.1, 0.15) is 10.6 Å². The second kappa shape index (κ2) is 21.0. The van der Waals surface area contributed by atoms with Gasteiger partial charge in [0.2, 0.25) is 0 Å². The number of sulfone groups is 1. The zero-order chi connectivity index (χ0) is 47.3. The number of halogens is 4. The number of morpholine rings is 1. The van der Waals surface area contributed by atoms with Gasteiger partial charge in [-0.1, -0.05) is 61.4 Å². The smallest absolute Gasteiger partial charge is 0.501 e. The molecule has 4 aromatic rings. The number of amides is 1. The van der Waals surface area contributed by atoms with Gasteiger partial charge in [-0.15, -0.1) is 0 Å². The third kappa shape index (κ3) is 12.5. The van der Waals surface area contributed by atoms with E-state index >= 15 is 0 Å². The van der Waals surface area contributed by atoms with Gasteiger partial charge in [-0.25, -0.2) is 21.6 Å². The minimum Gasteiger partial charge on any atom is -0.611 e. The van der Waals surface area contributed by atoms with E-state index in [1.54, 1.807) is 42.5 Å². The van der Waals surface area contributed by atoms with Gasteiger partial charge in [0, 0.05) is 68.6 Å². The Morgan fingerprint density at radius 2 is 1.55 bits per heavy atom. The fourth-order valence-electron chi connectivity index (χ4n) is 8.63.